The van der Waals surface area contributed by atoms with Gasteiger partial charge >= 0.3 is 5.97 Å². The summed E-state index contributed by atoms with van der Waals surface area (Å²) in [5.41, 5.74) is 10.8. The second-order valence-electron chi connectivity index (χ2n) is 8.86. The second kappa shape index (κ2) is 11.1. The lowest BCUT2D eigenvalue weighted by Crippen LogP contribution is -2.31. The molecule has 0 radical (unpaired) electrons. The molecule has 0 fully saturated rings. The Kier molecular flexibility index (Phi) is 7.69. The second-order valence-corrected chi connectivity index (χ2v) is 8.86. The number of fused-ring (bicyclic) bond motifs is 1. The van der Waals surface area contributed by atoms with Crippen LogP contribution < -0.4 is 21.3 Å². The van der Waals surface area contributed by atoms with Crippen LogP contribution in [0.25, 0.3) is 11.3 Å². The molecule has 2 amide bonds. The summed E-state index contributed by atoms with van der Waals surface area (Å²) in [5, 5.41) is 6.27. The molecule has 1 atom stereocenters. The van der Waals surface area contributed by atoms with Crippen molar-refractivity contribution in [3.05, 3.63) is 89.5 Å². The molecular weight excluding hydrogens is 468 g/mol. The van der Waals surface area contributed by atoms with Gasteiger partial charge in [-0.2, -0.15) is 0 Å². The first-order valence-corrected chi connectivity index (χ1v) is 12.1. The maximum Gasteiger partial charge on any atom is 0.338 e. The van der Waals surface area contributed by atoms with Gasteiger partial charge in [0.1, 0.15) is 0 Å². The van der Waals surface area contributed by atoms with E-state index in [4.69, 9.17) is 10.5 Å². The van der Waals surface area contributed by atoms with E-state index in [2.05, 4.69) is 10.6 Å². The molecule has 0 aliphatic carbocycles. The number of amides is 2. The molecule has 3 aromatic rings. The van der Waals surface area contributed by atoms with Crippen LogP contribution in [0.5, 0.6) is 0 Å². The Morgan fingerprint density at radius 1 is 1.03 bits per heavy atom. The molecule has 37 heavy (non-hydrogen) atoms. The standard InChI is InChI=1S/C29H30N4O4/c1-4-37-29(36)20-10-15-23-24(17-20)32-28(35)26(23)27(19-8-6-5-7-9-19)31-21-11-13-22(14-12-21)33(3)25(34)16-18(2)30/h5-15,17-18,31H,4,16,30H2,1-3H3,(H,32,35). The van der Waals surface area contributed by atoms with E-state index >= 15 is 0 Å². The Balaban J connectivity index is 1.70. The molecule has 0 spiro atoms. The SMILES string of the molecule is CCOC(=O)c1ccc2c(c1)NC(=O)C2=C(Nc1ccc(N(C)C(=O)CC(C)N)cc1)c1ccccc1. The molecule has 0 bridgehead atoms. The van der Waals surface area contributed by atoms with Crippen molar-refractivity contribution in [1.82, 2.24) is 0 Å². The van der Waals surface area contributed by atoms with Crippen LogP contribution in [-0.4, -0.2) is 37.5 Å². The van der Waals surface area contributed by atoms with Crippen LogP contribution >= 0.6 is 0 Å². The van der Waals surface area contributed by atoms with E-state index in [0.29, 0.717) is 28.1 Å². The van der Waals surface area contributed by atoms with E-state index in [9.17, 15) is 14.4 Å². The third-order valence-corrected chi connectivity index (χ3v) is 5.98. The third-order valence-electron chi connectivity index (χ3n) is 5.98. The van der Waals surface area contributed by atoms with E-state index in [1.807, 2.05) is 54.6 Å². The molecule has 0 saturated heterocycles. The maximum absolute atomic E-state index is 13.2. The van der Waals surface area contributed by atoms with Crippen LogP contribution in [0.15, 0.2) is 72.8 Å². The number of carbonyl (C=O) groups excluding carboxylic acids is 3. The van der Waals surface area contributed by atoms with Gasteiger partial charge < -0.3 is 26.0 Å². The Bertz CT molecular complexity index is 1350. The lowest BCUT2D eigenvalue weighted by atomic mass is 9.99. The van der Waals surface area contributed by atoms with Crippen molar-refractivity contribution in [1.29, 1.82) is 0 Å². The molecule has 8 heteroatoms. The van der Waals surface area contributed by atoms with Crippen LogP contribution in [0.1, 0.15) is 41.8 Å². The molecule has 8 nitrogen and oxygen atoms in total. The van der Waals surface area contributed by atoms with Gasteiger partial charge in [-0.05, 0) is 55.8 Å². The summed E-state index contributed by atoms with van der Waals surface area (Å²) < 4.78 is 5.09. The van der Waals surface area contributed by atoms with Crippen molar-refractivity contribution in [3.8, 4) is 0 Å². The van der Waals surface area contributed by atoms with E-state index in [1.54, 1.807) is 44.0 Å². The number of benzene rings is 3. The van der Waals surface area contributed by atoms with Crippen LogP contribution in [0.4, 0.5) is 17.1 Å². The van der Waals surface area contributed by atoms with Crippen molar-refractivity contribution in [2.24, 2.45) is 5.73 Å². The summed E-state index contributed by atoms with van der Waals surface area (Å²) in [6, 6.07) is 21.7. The third kappa shape index (κ3) is 5.70. The molecule has 0 saturated carbocycles. The predicted octanol–water partition coefficient (Wildman–Crippen LogP) is 4.50. The first-order chi connectivity index (χ1) is 17.8. The first-order valence-electron chi connectivity index (χ1n) is 12.1. The van der Waals surface area contributed by atoms with Crippen molar-refractivity contribution < 1.29 is 19.1 Å². The number of nitrogens with two attached hydrogens (primary N) is 1. The van der Waals surface area contributed by atoms with Crippen LogP contribution in [-0.2, 0) is 14.3 Å². The number of carbonyl (C=O) groups is 3. The fourth-order valence-corrected chi connectivity index (χ4v) is 4.12. The number of nitrogens with zero attached hydrogens (tertiary/aromatic N) is 1. The minimum atomic E-state index is -0.442. The number of hydrogen-bond acceptors (Lipinski definition) is 6. The number of rotatable bonds is 8. The average molecular weight is 499 g/mol. The smallest absolute Gasteiger partial charge is 0.338 e. The van der Waals surface area contributed by atoms with Crippen molar-refractivity contribution >= 4 is 46.1 Å². The van der Waals surface area contributed by atoms with Gasteiger partial charge in [0.15, 0.2) is 0 Å². The lowest BCUT2D eigenvalue weighted by molar-refractivity contribution is -0.118. The van der Waals surface area contributed by atoms with Gasteiger partial charge in [0, 0.05) is 36.4 Å². The average Bonchev–Trinajstić information content (AvgIpc) is 3.22. The van der Waals surface area contributed by atoms with Gasteiger partial charge in [0.05, 0.1) is 29.1 Å². The Labute approximate surface area is 216 Å². The van der Waals surface area contributed by atoms with Gasteiger partial charge in [-0.15, -0.1) is 0 Å². The number of anilines is 3. The van der Waals surface area contributed by atoms with Crippen LogP contribution in [0.2, 0.25) is 0 Å². The van der Waals surface area contributed by atoms with Gasteiger partial charge in [0.2, 0.25) is 5.91 Å². The summed E-state index contributed by atoms with van der Waals surface area (Å²) in [7, 11) is 1.72. The zero-order valence-electron chi connectivity index (χ0n) is 21.1. The minimum Gasteiger partial charge on any atom is -0.462 e. The van der Waals surface area contributed by atoms with E-state index in [1.165, 1.54) is 0 Å². The predicted molar refractivity (Wildman–Crippen MR) is 146 cm³/mol. The highest BCUT2D eigenvalue weighted by Crippen LogP contribution is 2.38. The number of nitrogens with one attached hydrogen (secondary N) is 2. The van der Waals surface area contributed by atoms with E-state index < -0.39 is 5.97 Å². The summed E-state index contributed by atoms with van der Waals surface area (Å²) in [4.78, 5) is 39.3. The zero-order chi connectivity index (χ0) is 26.5. The molecule has 4 N–H and O–H groups in total. The topological polar surface area (TPSA) is 114 Å². The molecule has 1 aliphatic heterocycles. The van der Waals surface area contributed by atoms with Crippen molar-refractivity contribution in [2.75, 3.05) is 29.2 Å². The fourth-order valence-electron chi connectivity index (χ4n) is 4.12. The summed E-state index contributed by atoms with van der Waals surface area (Å²) in [6.45, 7) is 3.81. The molecule has 3 aromatic carbocycles. The summed E-state index contributed by atoms with van der Waals surface area (Å²) in [6.07, 6.45) is 0.257. The normalized spacial score (nSPS) is 14.3. The molecule has 1 aliphatic rings. The monoisotopic (exact) mass is 498 g/mol. The Morgan fingerprint density at radius 2 is 1.73 bits per heavy atom. The number of hydrogen-bond donors (Lipinski definition) is 3. The van der Waals surface area contributed by atoms with E-state index in [-0.39, 0.29) is 30.9 Å². The minimum absolute atomic E-state index is 0.0655. The molecular formula is C29H30N4O4. The summed E-state index contributed by atoms with van der Waals surface area (Å²) >= 11 is 0. The molecule has 1 unspecified atom stereocenters. The van der Waals surface area contributed by atoms with Gasteiger partial charge in [-0.1, -0.05) is 36.4 Å². The maximum atomic E-state index is 13.2. The Hall–Kier alpha value is -4.43. The zero-order valence-corrected chi connectivity index (χ0v) is 21.1. The lowest BCUT2D eigenvalue weighted by Gasteiger charge is -2.20. The molecule has 1 heterocycles. The summed E-state index contributed by atoms with van der Waals surface area (Å²) in [5.74, 6) is -0.785. The van der Waals surface area contributed by atoms with E-state index in [0.717, 1.165) is 16.9 Å². The highest BCUT2D eigenvalue weighted by Gasteiger charge is 2.29. The van der Waals surface area contributed by atoms with Gasteiger partial charge in [-0.25, -0.2) is 4.79 Å². The Morgan fingerprint density at radius 3 is 2.38 bits per heavy atom. The van der Waals surface area contributed by atoms with Gasteiger partial charge in [-0.3, -0.25) is 9.59 Å². The van der Waals surface area contributed by atoms with Crippen molar-refractivity contribution in [3.63, 3.8) is 0 Å². The quantitative estimate of drug-likeness (QED) is 0.311. The molecule has 4 rings (SSSR count). The van der Waals surface area contributed by atoms with Gasteiger partial charge in [0.25, 0.3) is 5.91 Å². The van der Waals surface area contributed by atoms with Crippen molar-refractivity contribution in [2.45, 2.75) is 26.3 Å². The number of ether oxygens (including phenoxy) is 1. The largest absolute Gasteiger partial charge is 0.462 e. The first kappa shape index (κ1) is 25.7. The highest BCUT2D eigenvalue weighted by molar-refractivity contribution is 6.37. The van der Waals surface area contributed by atoms with Crippen LogP contribution in [0.3, 0.4) is 0 Å². The number of esters is 1. The van der Waals surface area contributed by atoms with Crippen LogP contribution in [0, 0.1) is 0 Å². The highest BCUT2D eigenvalue weighted by atomic mass is 16.5. The molecule has 190 valence electrons. The fraction of sp³-hybridized carbons (Fsp3) is 0.207. The molecule has 0 aromatic heterocycles.